The smallest absolute Gasteiger partial charge is 0.238 e. The number of benzene rings is 2. The van der Waals surface area contributed by atoms with E-state index in [-0.39, 0.29) is 18.5 Å². The van der Waals surface area contributed by atoms with E-state index in [0.29, 0.717) is 0 Å². The molecule has 0 saturated carbocycles. The second kappa shape index (κ2) is 7.22. The zero-order valence-corrected chi connectivity index (χ0v) is 12.9. The Hall–Kier alpha value is -1.65. The van der Waals surface area contributed by atoms with Gasteiger partial charge in [0.05, 0.1) is 12.2 Å². The average molecular weight is 333 g/mol. The summed E-state index contributed by atoms with van der Waals surface area (Å²) in [5.74, 6) is -0.0559. The van der Waals surface area contributed by atoms with Crippen LogP contribution in [0, 0.1) is 0 Å². The van der Waals surface area contributed by atoms with Crippen molar-refractivity contribution in [3.8, 4) is 0 Å². The first-order valence-electron chi connectivity index (χ1n) is 6.49. The summed E-state index contributed by atoms with van der Waals surface area (Å²) in [5.41, 5.74) is 1.95. The van der Waals surface area contributed by atoms with E-state index in [1.54, 1.807) is 0 Å². The van der Waals surface area contributed by atoms with Crippen LogP contribution in [0.25, 0.3) is 0 Å². The molecular formula is C16H17BrN2O. The van der Waals surface area contributed by atoms with Gasteiger partial charge in [-0.3, -0.25) is 4.79 Å². The van der Waals surface area contributed by atoms with E-state index in [2.05, 4.69) is 26.6 Å². The Morgan fingerprint density at radius 3 is 2.45 bits per heavy atom. The Labute approximate surface area is 127 Å². The summed E-state index contributed by atoms with van der Waals surface area (Å²) in [6, 6.07) is 17.8. The molecule has 0 heterocycles. The fraction of sp³-hybridized carbons (Fsp3) is 0.188. The topological polar surface area (TPSA) is 41.1 Å². The number of para-hydroxylation sites is 1. The van der Waals surface area contributed by atoms with Crippen LogP contribution in [0.2, 0.25) is 0 Å². The zero-order valence-electron chi connectivity index (χ0n) is 11.3. The van der Waals surface area contributed by atoms with Crippen molar-refractivity contribution in [2.45, 2.75) is 13.0 Å². The zero-order chi connectivity index (χ0) is 14.4. The van der Waals surface area contributed by atoms with Gasteiger partial charge < -0.3 is 10.6 Å². The van der Waals surface area contributed by atoms with Crippen molar-refractivity contribution in [2.75, 3.05) is 11.9 Å². The standard InChI is InChI=1S/C16H17BrN2O/c1-12(13-7-3-2-4-8-13)18-11-16(20)19-15-10-6-5-9-14(15)17/h2-10,12,18H,11H2,1H3,(H,19,20)/t12-/m0/s1. The highest BCUT2D eigenvalue weighted by Gasteiger charge is 2.08. The summed E-state index contributed by atoms with van der Waals surface area (Å²) in [5, 5.41) is 6.08. The average Bonchev–Trinajstić information content (AvgIpc) is 2.48. The van der Waals surface area contributed by atoms with Gasteiger partial charge in [0, 0.05) is 10.5 Å². The van der Waals surface area contributed by atoms with E-state index in [9.17, 15) is 4.79 Å². The van der Waals surface area contributed by atoms with Gasteiger partial charge >= 0.3 is 0 Å². The van der Waals surface area contributed by atoms with Crippen molar-refractivity contribution in [3.63, 3.8) is 0 Å². The van der Waals surface area contributed by atoms with Crippen molar-refractivity contribution in [3.05, 3.63) is 64.6 Å². The molecule has 0 unspecified atom stereocenters. The molecule has 4 heteroatoms. The van der Waals surface area contributed by atoms with Gasteiger partial charge in [-0.1, -0.05) is 42.5 Å². The second-order valence-electron chi connectivity index (χ2n) is 4.54. The third kappa shape index (κ3) is 4.18. The lowest BCUT2D eigenvalue weighted by Crippen LogP contribution is -2.30. The third-order valence-corrected chi connectivity index (χ3v) is 3.71. The Kier molecular flexibility index (Phi) is 5.32. The van der Waals surface area contributed by atoms with Crippen LogP contribution < -0.4 is 10.6 Å². The van der Waals surface area contributed by atoms with Gasteiger partial charge in [-0.25, -0.2) is 0 Å². The van der Waals surface area contributed by atoms with Gasteiger partial charge in [0.1, 0.15) is 0 Å². The minimum absolute atomic E-state index is 0.0559. The molecule has 104 valence electrons. The number of carbonyl (C=O) groups is 1. The summed E-state index contributed by atoms with van der Waals surface area (Å²) in [6.07, 6.45) is 0. The molecule has 2 N–H and O–H groups in total. The minimum atomic E-state index is -0.0559. The molecule has 20 heavy (non-hydrogen) atoms. The number of hydrogen-bond donors (Lipinski definition) is 2. The van der Waals surface area contributed by atoms with E-state index >= 15 is 0 Å². The maximum Gasteiger partial charge on any atom is 0.238 e. The highest BCUT2D eigenvalue weighted by molar-refractivity contribution is 9.10. The lowest BCUT2D eigenvalue weighted by atomic mass is 10.1. The van der Waals surface area contributed by atoms with Crippen molar-refractivity contribution in [1.82, 2.24) is 5.32 Å². The second-order valence-corrected chi connectivity index (χ2v) is 5.40. The Balaban J connectivity index is 1.85. The molecule has 0 aliphatic heterocycles. The van der Waals surface area contributed by atoms with Gasteiger partial charge in [-0.2, -0.15) is 0 Å². The van der Waals surface area contributed by atoms with E-state index < -0.39 is 0 Å². The molecule has 0 aliphatic carbocycles. The van der Waals surface area contributed by atoms with Gasteiger partial charge in [0.2, 0.25) is 5.91 Å². The minimum Gasteiger partial charge on any atom is -0.324 e. The first-order chi connectivity index (χ1) is 9.66. The number of carbonyl (C=O) groups excluding carboxylic acids is 1. The monoisotopic (exact) mass is 332 g/mol. The quantitative estimate of drug-likeness (QED) is 0.875. The van der Waals surface area contributed by atoms with Crippen LogP contribution in [0.5, 0.6) is 0 Å². The van der Waals surface area contributed by atoms with Crippen molar-refractivity contribution in [2.24, 2.45) is 0 Å². The van der Waals surface area contributed by atoms with Gasteiger partial charge in [0.15, 0.2) is 0 Å². The molecule has 0 saturated heterocycles. The Morgan fingerprint density at radius 2 is 1.75 bits per heavy atom. The third-order valence-electron chi connectivity index (χ3n) is 3.02. The molecule has 0 spiro atoms. The van der Waals surface area contributed by atoms with Crippen LogP contribution in [0.15, 0.2) is 59.1 Å². The molecule has 0 radical (unpaired) electrons. The van der Waals surface area contributed by atoms with Crippen molar-refractivity contribution in [1.29, 1.82) is 0 Å². The first kappa shape index (κ1) is 14.8. The van der Waals surface area contributed by atoms with Crippen LogP contribution in [0.1, 0.15) is 18.5 Å². The summed E-state index contributed by atoms with van der Waals surface area (Å²) in [6.45, 7) is 2.32. The normalized spacial score (nSPS) is 11.9. The number of hydrogen-bond acceptors (Lipinski definition) is 2. The predicted molar refractivity (Wildman–Crippen MR) is 85.6 cm³/mol. The van der Waals surface area contributed by atoms with Crippen LogP contribution in [0.3, 0.4) is 0 Å². The summed E-state index contributed by atoms with van der Waals surface area (Å²) in [7, 11) is 0. The first-order valence-corrected chi connectivity index (χ1v) is 7.29. The fourth-order valence-corrected chi connectivity index (χ4v) is 2.25. The molecule has 2 aromatic rings. The highest BCUT2D eigenvalue weighted by atomic mass is 79.9. The Bertz CT molecular complexity index is 572. The molecule has 0 aliphatic rings. The largest absolute Gasteiger partial charge is 0.324 e. The van der Waals surface area contributed by atoms with Crippen LogP contribution >= 0.6 is 15.9 Å². The maximum atomic E-state index is 11.9. The number of halogens is 1. The molecule has 2 aromatic carbocycles. The van der Waals surface area contributed by atoms with Crippen LogP contribution in [0.4, 0.5) is 5.69 Å². The van der Waals surface area contributed by atoms with Gasteiger partial charge in [-0.15, -0.1) is 0 Å². The lowest BCUT2D eigenvalue weighted by molar-refractivity contribution is -0.115. The molecular weight excluding hydrogens is 316 g/mol. The molecule has 0 fully saturated rings. The molecule has 1 atom stereocenters. The van der Waals surface area contributed by atoms with Crippen molar-refractivity contribution >= 4 is 27.5 Å². The number of amides is 1. The number of anilines is 1. The van der Waals surface area contributed by atoms with Gasteiger partial charge in [-0.05, 0) is 40.5 Å². The van der Waals surface area contributed by atoms with Crippen LogP contribution in [-0.2, 0) is 4.79 Å². The number of nitrogens with one attached hydrogen (secondary N) is 2. The Morgan fingerprint density at radius 1 is 1.10 bits per heavy atom. The molecule has 3 nitrogen and oxygen atoms in total. The fourth-order valence-electron chi connectivity index (χ4n) is 1.86. The molecule has 0 aromatic heterocycles. The van der Waals surface area contributed by atoms with E-state index in [1.807, 2.05) is 61.5 Å². The SMILES string of the molecule is C[C@H](NCC(=O)Nc1ccccc1Br)c1ccccc1. The maximum absolute atomic E-state index is 11.9. The highest BCUT2D eigenvalue weighted by Crippen LogP contribution is 2.20. The molecule has 2 rings (SSSR count). The van der Waals surface area contributed by atoms with Gasteiger partial charge in [0.25, 0.3) is 0 Å². The summed E-state index contributed by atoms with van der Waals surface area (Å²) >= 11 is 3.41. The molecule has 0 bridgehead atoms. The number of rotatable bonds is 5. The summed E-state index contributed by atoms with van der Waals surface area (Å²) in [4.78, 5) is 11.9. The van der Waals surface area contributed by atoms with E-state index in [1.165, 1.54) is 5.56 Å². The molecule has 1 amide bonds. The van der Waals surface area contributed by atoms with E-state index in [4.69, 9.17) is 0 Å². The lowest BCUT2D eigenvalue weighted by Gasteiger charge is -2.14. The van der Waals surface area contributed by atoms with Crippen molar-refractivity contribution < 1.29 is 4.79 Å². The van der Waals surface area contributed by atoms with Crippen LogP contribution in [-0.4, -0.2) is 12.5 Å². The van der Waals surface area contributed by atoms with E-state index in [0.717, 1.165) is 10.2 Å². The predicted octanol–water partition coefficient (Wildman–Crippen LogP) is 3.74. The summed E-state index contributed by atoms with van der Waals surface area (Å²) < 4.78 is 0.879.